The summed E-state index contributed by atoms with van der Waals surface area (Å²) < 4.78 is 31.6. The average molecular weight is 315 g/mol. The summed E-state index contributed by atoms with van der Waals surface area (Å²) in [6.45, 7) is 6.71. The molecule has 1 N–H and O–H groups in total. The fourth-order valence-corrected chi connectivity index (χ4v) is 4.38. The Morgan fingerprint density at radius 2 is 1.95 bits per heavy atom. The highest BCUT2D eigenvalue weighted by Crippen LogP contribution is 2.30. The van der Waals surface area contributed by atoms with E-state index in [9.17, 15) is 13.2 Å². The van der Waals surface area contributed by atoms with Crippen molar-refractivity contribution in [3.63, 3.8) is 0 Å². The number of carboxylic acid groups (broad SMARTS) is 1. The largest absolute Gasteiger partial charge is 0.475 e. The number of aromatic carboxylic acids is 1. The van der Waals surface area contributed by atoms with Crippen molar-refractivity contribution in [1.82, 2.24) is 4.31 Å². The highest BCUT2D eigenvalue weighted by Gasteiger charge is 2.33. The zero-order valence-corrected chi connectivity index (χ0v) is 13.3. The van der Waals surface area contributed by atoms with Crippen LogP contribution >= 0.6 is 0 Å². The van der Waals surface area contributed by atoms with Crippen molar-refractivity contribution >= 4 is 16.0 Å². The van der Waals surface area contributed by atoms with Gasteiger partial charge in [0.1, 0.15) is 10.7 Å². The summed E-state index contributed by atoms with van der Waals surface area (Å²) >= 11 is 0. The lowest BCUT2D eigenvalue weighted by molar-refractivity contribution is 0.0661. The molecule has 7 heteroatoms. The minimum atomic E-state index is -3.68. The predicted molar refractivity (Wildman–Crippen MR) is 76.7 cm³/mol. The molecular formula is C14H21NO5S. The summed E-state index contributed by atoms with van der Waals surface area (Å²) in [6.07, 6.45) is 1.67. The van der Waals surface area contributed by atoms with E-state index in [0.717, 1.165) is 18.9 Å². The number of hydrogen-bond donors (Lipinski definition) is 1. The van der Waals surface area contributed by atoms with Gasteiger partial charge >= 0.3 is 5.97 Å². The highest BCUT2D eigenvalue weighted by atomic mass is 32.2. The Labute approximate surface area is 124 Å². The van der Waals surface area contributed by atoms with Crippen molar-refractivity contribution in [1.29, 1.82) is 0 Å². The third kappa shape index (κ3) is 3.13. The monoisotopic (exact) mass is 315 g/mol. The van der Waals surface area contributed by atoms with Gasteiger partial charge in [0, 0.05) is 19.2 Å². The second-order valence-electron chi connectivity index (χ2n) is 5.82. The number of rotatable bonds is 4. The summed E-state index contributed by atoms with van der Waals surface area (Å²) in [4.78, 5) is 10.8. The van der Waals surface area contributed by atoms with Crippen LogP contribution < -0.4 is 0 Å². The number of furan rings is 1. The van der Waals surface area contributed by atoms with Gasteiger partial charge in [0.05, 0.1) is 0 Å². The number of sulfonamides is 1. The second-order valence-corrected chi connectivity index (χ2v) is 7.73. The van der Waals surface area contributed by atoms with E-state index in [1.54, 1.807) is 0 Å². The summed E-state index contributed by atoms with van der Waals surface area (Å²) in [7, 11) is -3.68. The second kappa shape index (κ2) is 5.81. The van der Waals surface area contributed by atoms with Crippen LogP contribution in [0.2, 0.25) is 0 Å². The number of hydrogen-bond acceptors (Lipinski definition) is 4. The van der Waals surface area contributed by atoms with E-state index in [4.69, 9.17) is 9.52 Å². The Morgan fingerprint density at radius 3 is 2.38 bits per heavy atom. The van der Waals surface area contributed by atoms with Crippen molar-refractivity contribution in [2.45, 2.75) is 38.5 Å². The standard InChI is InChI=1S/C14H21NO5S/c1-9(2)11-4-6-15(7-5-11)21(18,19)13-8-12(14(16)17)20-10(13)3/h8-9,11H,4-7H2,1-3H3,(H,16,17). The van der Waals surface area contributed by atoms with Gasteiger partial charge in [-0.15, -0.1) is 0 Å². The molecule has 1 aromatic heterocycles. The molecule has 2 rings (SSSR count). The van der Waals surface area contributed by atoms with Crippen molar-refractivity contribution in [3.8, 4) is 0 Å². The van der Waals surface area contributed by atoms with E-state index in [1.165, 1.54) is 11.2 Å². The molecule has 21 heavy (non-hydrogen) atoms. The molecule has 118 valence electrons. The molecule has 0 bridgehead atoms. The SMILES string of the molecule is Cc1oc(C(=O)O)cc1S(=O)(=O)N1CCC(C(C)C)CC1. The minimum absolute atomic E-state index is 0.0390. The number of nitrogens with zero attached hydrogens (tertiary/aromatic N) is 1. The molecule has 0 radical (unpaired) electrons. The Balaban J connectivity index is 2.21. The Bertz CT molecular complexity index is 624. The molecule has 0 atom stereocenters. The lowest BCUT2D eigenvalue weighted by Crippen LogP contribution is -2.39. The lowest BCUT2D eigenvalue weighted by Gasteiger charge is -2.32. The molecule has 0 saturated carbocycles. The Hall–Kier alpha value is -1.34. The first-order chi connectivity index (χ1) is 9.73. The van der Waals surface area contributed by atoms with Crippen molar-refractivity contribution < 1.29 is 22.7 Å². The first-order valence-electron chi connectivity index (χ1n) is 7.07. The van der Waals surface area contributed by atoms with Crippen LogP contribution in [0.25, 0.3) is 0 Å². The Kier molecular flexibility index (Phi) is 4.43. The van der Waals surface area contributed by atoms with Crippen LogP contribution in [0, 0.1) is 18.8 Å². The number of piperidine rings is 1. The van der Waals surface area contributed by atoms with Crippen LogP contribution in [0.5, 0.6) is 0 Å². The molecule has 0 aliphatic carbocycles. The Morgan fingerprint density at radius 1 is 1.38 bits per heavy atom. The van der Waals surface area contributed by atoms with Gasteiger partial charge in [-0.25, -0.2) is 13.2 Å². The molecule has 0 aromatic carbocycles. The molecule has 1 aliphatic heterocycles. The minimum Gasteiger partial charge on any atom is -0.475 e. The first kappa shape index (κ1) is 16.0. The van der Waals surface area contributed by atoms with E-state index in [-0.39, 0.29) is 16.4 Å². The predicted octanol–water partition coefficient (Wildman–Crippen LogP) is 2.34. The maximum absolute atomic E-state index is 12.6. The number of aryl methyl sites for hydroxylation is 1. The van der Waals surface area contributed by atoms with E-state index < -0.39 is 16.0 Å². The van der Waals surface area contributed by atoms with Gasteiger partial charge in [-0.3, -0.25) is 0 Å². The van der Waals surface area contributed by atoms with Gasteiger partial charge in [-0.1, -0.05) is 13.8 Å². The van der Waals surface area contributed by atoms with Gasteiger partial charge in [-0.05, 0) is 31.6 Å². The van der Waals surface area contributed by atoms with Gasteiger partial charge in [0.2, 0.25) is 15.8 Å². The van der Waals surface area contributed by atoms with E-state index in [1.807, 2.05) is 0 Å². The van der Waals surface area contributed by atoms with Gasteiger partial charge in [-0.2, -0.15) is 4.31 Å². The summed E-state index contributed by atoms with van der Waals surface area (Å²) in [5.74, 6) is -0.403. The van der Waals surface area contributed by atoms with Crippen LogP contribution in [0.15, 0.2) is 15.4 Å². The molecule has 1 aromatic rings. The third-order valence-corrected chi connectivity index (χ3v) is 6.15. The fourth-order valence-electron chi connectivity index (χ4n) is 2.75. The number of carbonyl (C=O) groups is 1. The average Bonchev–Trinajstić information content (AvgIpc) is 2.82. The van der Waals surface area contributed by atoms with Crippen molar-refractivity contribution in [2.24, 2.45) is 11.8 Å². The third-order valence-electron chi connectivity index (χ3n) is 4.14. The van der Waals surface area contributed by atoms with Crippen LogP contribution in [0.4, 0.5) is 0 Å². The molecule has 0 spiro atoms. The smallest absolute Gasteiger partial charge is 0.371 e. The summed E-state index contributed by atoms with van der Waals surface area (Å²) in [5.41, 5.74) is 0. The molecule has 0 unspecified atom stereocenters. The van der Waals surface area contributed by atoms with Crippen LogP contribution in [0.1, 0.15) is 43.0 Å². The zero-order chi connectivity index (χ0) is 15.8. The number of carboxylic acids is 1. The topological polar surface area (TPSA) is 87.8 Å². The molecule has 1 aliphatic rings. The van der Waals surface area contributed by atoms with Crippen molar-refractivity contribution in [2.75, 3.05) is 13.1 Å². The molecule has 1 fully saturated rings. The van der Waals surface area contributed by atoms with Crippen LogP contribution in [-0.4, -0.2) is 36.9 Å². The van der Waals surface area contributed by atoms with Crippen LogP contribution in [-0.2, 0) is 10.0 Å². The van der Waals surface area contributed by atoms with Gasteiger partial charge in [0.25, 0.3) is 0 Å². The van der Waals surface area contributed by atoms with Gasteiger partial charge in [0.15, 0.2) is 0 Å². The van der Waals surface area contributed by atoms with E-state index in [0.29, 0.717) is 24.9 Å². The maximum atomic E-state index is 12.6. The molecule has 1 saturated heterocycles. The van der Waals surface area contributed by atoms with E-state index >= 15 is 0 Å². The quantitative estimate of drug-likeness (QED) is 0.921. The van der Waals surface area contributed by atoms with E-state index in [2.05, 4.69) is 13.8 Å². The maximum Gasteiger partial charge on any atom is 0.371 e. The van der Waals surface area contributed by atoms with Crippen molar-refractivity contribution in [3.05, 3.63) is 17.6 Å². The molecule has 6 nitrogen and oxygen atoms in total. The normalized spacial score (nSPS) is 18.3. The molecular weight excluding hydrogens is 294 g/mol. The molecule has 0 amide bonds. The molecule has 2 heterocycles. The zero-order valence-electron chi connectivity index (χ0n) is 12.5. The van der Waals surface area contributed by atoms with Crippen LogP contribution in [0.3, 0.4) is 0 Å². The highest BCUT2D eigenvalue weighted by molar-refractivity contribution is 7.89. The summed E-state index contributed by atoms with van der Waals surface area (Å²) in [5, 5.41) is 8.89. The van der Waals surface area contributed by atoms with Gasteiger partial charge < -0.3 is 9.52 Å². The fraction of sp³-hybridized carbons (Fsp3) is 0.643. The summed E-state index contributed by atoms with van der Waals surface area (Å²) in [6, 6.07) is 1.10. The lowest BCUT2D eigenvalue weighted by atomic mass is 9.87. The first-order valence-corrected chi connectivity index (χ1v) is 8.51.